The van der Waals surface area contributed by atoms with Crippen LogP contribution in [0.25, 0.3) is 0 Å². The number of nitro groups is 1. The Hall–Kier alpha value is -2.21. The van der Waals surface area contributed by atoms with E-state index in [0.717, 1.165) is 22.3 Å². The van der Waals surface area contributed by atoms with Crippen LogP contribution in [-0.2, 0) is 17.7 Å². The molecule has 0 unspecified atom stereocenters. The van der Waals surface area contributed by atoms with Crippen LogP contribution >= 0.6 is 0 Å². The van der Waals surface area contributed by atoms with Crippen molar-refractivity contribution in [2.45, 2.75) is 54.4 Å². The van der Waals surface area contributed by atoms with Gasteiger partial charge in [0.25, 0.3) is 5.69 Å². The van der Waals surface area contributed by atoms with Crippen molar-refractivity contribution in [3.63, 3.8) is 0 Å². The fourth-order valence-corrected chi connectivity index (χ4v) is 3.90. The monoisotopic (exact) mass is 389 g/mol. The Labute approximate surface area is 164 Å². The third kappa shape index (κ3) is 4.56. The first-order valence-corrected chi connectivity index (χ1v) is 9.66. The van der Waals surface area contributed by atoms with Crippen molar-refractivity contribution in [2.75, 3.05) is 0 Å². The van der Waals surface area contributed by atoms with E-state index in [9.17, 15) is 19.4 Å². The van der Waals surface area contributed by atoms with Gasteiger partial charge in [-0.1, -0.05) is 53.7 Å². The van der Waals surface area contributed by atoms with E-state index in [4.69, 9.17) is 0 Å². The Morgan fingerprint density at radius 1 is 1.07 bits per heavy atom. The molecule has 5 nitrogen and oxygen atoms in total. The van der Waals surface area contributed by atoms with E-state index in [2.05, 4.69) is 0 Å². The van der Waals surface area contributed by atoms with Gasteiger partial charge in [0.1, 0.15) is 5.76 Å². The number of aliphatic hydroxyl groups is 1. The summed E-state index contributed by atoms with van der Waals surface area (Å²) < 4.78 is 11.9. The average Bonchev–Trinajstić information content (AvgIpc) is 2.53. The number of hydrogen-bond donors (Lipinski definition) is 1. The summed E-state index contributed by atoms with van der Waals surface area (Å²) in [6.07, 6.45) is 0.891. The number of rotatable bonds is 3. The van der Waals surface area contributed by atoms with Crippen molar-refractivity contribution in [2.24, 2.45) is 10.8 Å². The van der Waals surface area contributed by atoms with E-state index >= 15 is 0 Å². The Balaban J connectivity index is 2.64. The molecule has 6 heteroatoms. The second kappa shape index (κ2) is 7.43. The molecule has 146 valence electrons. The summed E-state index contributed by atoms with van der Waals surface area (Å²) in [6, 6.07) is 6.35. The molecule has 2 rings (SSSR count). The van der Waals surface area contributed by atoms with Gasteiger partial charge in [0.2, 0.25) is 0 Å². The van der Waals surface area contributed by atoms with Crippen LogP contribution in [0.1, 0.15) is 53.5 Å². The van der Waals surface area contributed by atoms with Crippen LogP contribution in [-0.4, -0.2) is 19.1 Å². The maximum atomic E-state index is 11.9. The first kappa shape index (κ1) is 21.1. The topological polar surface area (TPSA) is 80.4 Å². The maximum absolute atomic E-state index is 11.9. The van der Waals surface area contributed by atoms with Gasteiger partial charge < -0.3 is 5.11 Å². The van der Waals surface area contributed by atoms with Gasteiger partial charge in [0.05, 0.1) is 21.0 Å². The summed E-state index contributed by atoms with van der Waals surface area (Å²) in [5, 5.41) is 22.0. The van der Waals surface area contributed by atoms with Crippen LogP contribution in [0.4, 0.5) is 5.69 Å². The van der Waals surface area contributed by atoms with Crippen LogP contribution in [0.15, 0.2) is 46.7 Å². The van der Waals surface area contributed by atoms with E-state index < -0.39 is 4.92 Å². The lowest BCUT2D eigenvalue weighted by Crippen LogP contribution is -2.28. The van der Waals surface area contributed by atoms with Gasteiger partial charge >= 0.3 is 0 Å². The molecule has 0 spiro atoms. The third-order valence-electron chi connectivity index (χ3n) is 4.78. The molecule has 0 saturated carbocycles. The first-order chi connectivity index (χ1) is 12.4. The summed E-state index contributed by atoms with van der Waals surface area (Å²) in [4.78, 5) is 11.1. The molecule has 0 fully saturated rings. The summed E-state index contributed by atoms with van der Waals surface area (Å²) >= 11 is 0.478. The van der Waals surface area contributed by atoms with E-state index in [1.54, 1.807) is 12.1 Å². The molecule has 1 aliphatic carbocycles. The molecule has 0 aliphatic heterocycles. The highest BCUT2D eigenvalue weighted by Crippen LogP contribution is 2.44. The largest absolute Gasteiger partial charge is 0.508 e. The number of nitro benzene ring substituents is 1. The zero-order valence-corrected chi connectivity index (χ0v) is 17.6. The van der Waals surface area contributed by atoms with Crippen LogP contribution in [0.2, 0.25) is 0 Å². The van der Waals surface area contributed by atoms with Gasteiger partial charge in [-0.2, -0.15) is 0 Å². The minimum absolute atomic E-state index is 0.0348. The molecule has 1 aliphatic rings. The molecule has 1 N–H and O–H groups in total. The zero-order valence-electron chi connectivity index (χ0n) is 16.8. The summed E-state index contributed by atoms with van der Waals surface area (Å²) in [5.74, 6) is 0.282. The van der Waals surface area contributed by atoms with Crippen molar-refractivity contribution in [1.82, 2.24) is 0 Å². The molecule has 0 atom stereocenters. The Morgan fingerprint density at radius 2 is 1.63 bits per heavy atom. The number of allylic oxidation sites excluding steroid dienone is 3. The lowest BCUT2D eigenvalue weighted by molar-refractivity contribution is -0.384. The lowest BCUT2D eigenvalue weighted by atomic mass is 9.70. The van der Waals surface area contributed by atoms with Crippen LogP contribution in [0.5, 0.6) is 0 Å². The molecular weight excluding hydrogens is 362 g/mol. The Bertz CT molecular complexity index is 874. The second-order valence-electron chi connectivity index (χ2n) is 8.96. The van der Waals surface area contributed by atoms with E-state index in [-0.39, 0.29) is 22.3 Å². The molecule has 0 aromatic heterocycles. The Kier molecular flexibility index (Phi) is 5.80. The molecule has 1 aromatic rings. The smallest absolute Gasteiger partial charge is 0.269 e. The highest BCUT2D eigenvalue weighted by Gasteiger charge is 2.36. The van der Waals surface area contributed by atoms with Gasteiger partial charge in [0, 0.05) is 24.1 Å². The SMILES string of the molecule is CC(C)(C)C1=C(O)C(C(C)(C)C)=C(Cc2ccc([N+](=O)[O-])cc2)C(=S=O)C1. The van der Waals surface area contributed by atoms with Gasteiger partial charge in [-0.05, 0) is 34.0 Å². The van der Waals surface area contributed by atoms with Crippen molar-refractivity contribution < 1.29 is 14.2 Å². The van der Waals surface area contributed by atoms with Gasteiger partial charge in [-0.15, -0.1) is 0 Å². The maximum Gasteiger partial charge on any atom is 0.269 e. The quantitative estimate of drug-likeness (QED) is 0.441. The molecular formula is C21H27NO4S. The predicted octanol–water partition coefficient (Wildman–Crippen LogP) is 5.13. The predicted molar refractivity (Wildman–Crippen MR) is 110 cm³/mol. The summed E-state index contributed by atoms with van der Waals surface area (Å²) in [6.45, 7) is 12.2. The fourth-order valence-electron chi connectivity index (χ4n) is 3.42. The number of aliphatic hydroxyl groups excluding tert-OH is 1. The van der Waals surface area contributed by atoms with Crippen molar-refractivity contribution >= 4 is 21.8 Å². The highest BCUT2D eigenvalue weighted by atomic mass is 32.1. The van der Waals surface area contributed by atoms with Crippen LogP contribution in [0.3, 0.4) is 0 Å². The molecule has 27 heavy (non-hydrogen) atoms. The van der Waals surface area contributed by atoms with Gasteiger partial charge in [-0.25, -0.2) is 4.21 Å². The van der Waals surface area contributed by atoms with Crippen molar-refractivity contribution in [3.05, 3.63) is 62.4 Å². The zero-order chi connectivity index (χ0) is 20.6. The summed E-state index contributed by atoms with van der Waals surface area (Å²) in [5.41, 5.74) is 2.80. The number of non-ortho nitro benzene ring substituents is 1. The van der Waals surface area contributed by atoms with E-state index in [0.29, 0.717) is 29.0 Å². The third-order valence-corrected chi connectivity index (χ3v) is 5.37. The first-order valence-electron chi connectivity index (χ1n) is 8.92. The van der Waals surface area contributed by atoms with E-state index in [1.807, 2.05) is 41.5 Å². The van der Waals surface area contributed by atoms with Gasteiger partial charge in [0.15, 0.2) is 0 Å². The standard InChI is InChI=1S/C21H27NO4S/c1-20(2,3)16-12-17(27-26)15(18(19(16)23)21(4,5)6)11-13-7-9-14(10-8-13)22(24)25/h7-10,23H,11-12H2,1-6H3. The number of benzene rings is 1. The van der Waals surface area contributed by atoms with Crippen molar-refractivity contribution in [1.29, 1.82) is 0 Å². The number of hydrogen-bond acceptors (Lipinski definition) is 4. The van der Waals surface area contributed by atoms with Gasteiger partial charge in [-0.3, -0.25) is 10.1 Å². The number of nitrogens with zero attached hydrogens (tertiary/aromatic N) is 1. The normalized spacial score (nSPS) is 16.0. The average molecular weight is 390 g/mol. The minimum Gasteiger partial charge on any atom is -0.508 e. The van der Waals surface area contributed by atoms with Crippen molar-refractivity contribution in [3.8, 4) is 0 Å². The highest BCUT2D eigenvalue weighted by molar-refractivity contribution is 7.67. The Morgan fingerprint density at radius 3 is 2.04 bits per heavy atom. The van der Waals surface area contributed by atoms with E-state index in [1.165, 1.54) is 12.1 Å². The fraction of sp³-hybridized carbons (Fsp3) is 0.476. The molecule has 0 heterocycles. The molecule has 0 saturated heterocycles. The lowest BCUT2D eigenvalue weighted by Gasteiger charge is -2.36. The molecule has 0 radical (unpaired) electrons. The van der Waals surface area contributed by atoms with Crippen LogP contribution < -0.4 is 0 Å². The molecule has 1 aromatic carbocycles. The summed E-state index contributed by atoms with van der Waals surface area (Å²) in [7, 11) is 0. The minimum atomic E-state index is -0.431. The van der Waals surface area contributed by atoms with Crippen LogP contribution in [0, 0.1) is 20.9 Å². The second-order valence-corrected chi connectivity index (χ2v) is 9.62. The molecule has 0 amide bonds. The molecule has 0 bridgehead atoms.